The van der Waals surface area contributed by atoms with Crippen molar-refractivity contribution in [3.05, 3.63) is 29.8 Å². The van der Waals surface area contributed by atoms with Gasteiger partial charge in [0, 0.05) is 12.8 Å². The zero-order valence-electron chi connectivity index (χ0n) is 8.98. The summed E-state index contributed by atoms with van der Waals surface area (Å²) in [7, 11) is 0. The van der Waals surface area contributed by atoms with Gasteiger partial charge in [0.2, 0.25) is 0 Å². The van der Waals surface area contributed by atoms with Gasteiger partial charge >= 0.3 is 0 Å². The van der Waals surface area contributed by atoms with E-state index in [4.69, 9.17) is 10.00 Å². The Labute approximate surface area is 94.6 Å². The topological polar surface area (TPSA) is 50.1 Å². The second-order valence-electron chi connectivity index (χ2n) is 4.00. The highest BCUT2D eigenvalue weighted by Gasteiger charge is 2.19. The number of carbonyl (C=O) groups is 1. The highest BCUT2D eigenvalue weighted by molar-refractivity contribution is 5.79. The molecule has 1 aliphatic rings. The first-order chi connectivity index (χ1) is 7.78. The molecule has 1 aromatic rings. The third-order valence-electron chi connectivity index (χ3n) is 2.76. The van der Waals surface area contributed by atoms with Crippen LogP contribution in [0, 0.1) is 11.3 Å². The van der Waals surface area contributed by atoms with E-state index in [2.05, 4.69) is 6.07 Å². The molecule has 0 atom stereocenters. The summed E-state index contributed by atoms with van der Waals surface area (Å²) < 4.78 is 5.74. The zero-order chi connectivity index (χ0) is 11.4. The van der Waals surface area contributed by atoms with E-state index < -0.39 is 0 Å². The van der Waals surface area contributed by atoms with E-state index in [0.717, 1.165) is 18.6 Å². The first-order valence-electron chi connectivity index (χ1n) is 5.46. The minimum absolute atomic E-state index is 0.117. The van der Waals surface area contributed by atoms with Crippen molar-refractivity contribution in [2.45, 2.75) is 31.8 Å². The highest BCUT2D eigenvalue weighted by atomic mass is 16.5. The molecule has 0 aliphatic heterocycles. The van der Waals surface area contributed by atoms with Gasteiger partial charge in [-0.1, -0.05) is 6.07 Å². The van der Waals surface area contributed by atoms with Crippen molar-refractivity contribution in [1.29, 1.82) is 5.26 Å². The molecule has 1 fully saturated rings. The Kier molecular flexibility index (Phi) is 3.21. The summed E-state index contributed by atoms with van der Waals surface area (Å²) in [6.45, 7) is 0. The molecule has 0 N–H and O–H groups in total. The average molecular weight is 215 g/mol. The lowest BCUT2D eigenvalue weighted by molar-refractivity contribution is -0.121. The number of ether oxygens (including phenoxy) is 1. The summed E-state index contributed by atoms with van der Waals surface area (Å²) in [4.78, 5) is 11.1. The maximum atomic E-state index is 11.1. The number of benzene rings is 1. The lowest BCUT2D eigenvalue weighted by Gasteiger charge is -2.22. The fraction of sp³-hybridized carbons (Fsp3) is 0.385. The van der Waals surface area contributed by atoms with Crippen molar-refractivity contribution in [2.24, 2.45) is 0 Å². The molecule has 16 heavy (non-hydrogen) atoms. The first kappa shape index (κ1) is 10.7. The second kappa shape index (κ2) is 4.80. The van der Waals surface area contributed by atoms with E-state index in [0.29, 0.717) is 24.2 Å². The molecule has 1 saturated carbocycles. The molecule has 1 aliphatic carbocycles. The summed E-state index contributed by atoms with van der Waals surface area (Å²) in [6, 6.07) is 9.21. The monoisotopic (exact) mass is 215 g/mol. The van der Waals surface area contributed by atoms with Gasteiger partial charge in [-0.3, -0.25) is 4.79 Å². The molecule has 0 spiro atoms. The minimum Gasteiger partial charge on any atom is -0.490 e. The van der Waals surface area contributed by atoms with Gasteiger partial charge in [0.25, 0.3) is 0 Å². The molecule has 0 saturated heterocycles. The van der Waals surface area contributed by atoms with Crippen molar-refractivity contribution in [3.8, 4) is 11.8 Å². The summed E-state index contributed by atoms with van der Waals surface area (Å²) in [5.41, 5.74) is 0.601. The van der Waals surface area contributed by atoms with Crippen LogP contribution in [-0.2, 0) is 4.79 Å². The number of ketones is 1. The highest BCUT2D eigenvalue weighted by Crippen LogP contribution is 2.22. The van der Waals surface area contributed by atoms with Crippen molar-refractivity contribution in [2.75, 3.05) is 0 Å². The van der Waals surface area contributed by atoms with E-state index in [-0.39, 0.29) is 6.10 Å². The lowest BCUT2D eigenvalue weighted by atomic mass is 9.96. The summed E-state index contributed by atoms with van der Waals surface area (Å²) in [5.74, 6) is 1.05. The Morgan fingerprint density at radius 2 is 2.06 bits per heavy atom. The van der Waals surface area contributed by atoms with Crippen LogP contribution in [0.15, 0.2) is 24.3 Å². The smallest absolute Gasteiger partial charge is 0.133 e. The number of Topliss-reactive ketones (excluding diaryl/α,β-unsaturated/α-hetero) is 1. The predicted molar refractivity (Wildman–Crippen MR) is 59.0 cm³/mol. The van der Waals surface area contributed by atoms with Crippen LogP contribution in [0.1, 0.15) is 31.2 Å². The van der Waals surface area contributed by atoms with Crippen LogP contribution in [0.5, 0.6) is 5.75 Å². The van der Waals surface area contributed by atoms with Gasteiger partial charge in [-0.2, -0.15) is 5.26 Å². The van der Waals surface area contributed by atoms with Crippen molar-refractivity contribution in [1.82, 2.24) is 0 Å². The van der Waals surface area contributed by atoms with E-state index in [1.54, 1.807) is 12.1 Å². The van der Waals surface area contributed by atoms with Crippen LogP contribution in [0.4, 0.5) is 0 Å². The fourth-order valence-corrected chi connectivity index (χ4v) is 1.86. The Morgan fingerprint density at radius 1 is 1.31 bits per heavy atom. The average Bonchev–Trinajstić information content (AvgIpc) is 2.32. The van der Waals surface area contributed by atoms with Crippen LogP contribution >= 0.6 is 0 Å². The van der Waals surface area contributed by atoms with Gasteiger partial charge in [-0.25, -0.2) is 0 Å². The third kappa shape index (κ3) is 2.60. The molecule has 0 aromatic heterocycles. The van der Waals surface area contributed by atoms with Gasteiger partial charge in [-0.05, 0) is 31.0 Å². The van der Waals surface area contributed by atoms with Crippen LogP contribution in [0.3, 0.4) is 0 Å². The van der Waals surface area contributed by atoms with Crippen LogP contribution in [-0.4, -0.2) is 11.9 Å². The van der Waals surface area contributed by atoms with Gasteiger partial charge in [-0.15, -0.1) is 0 Å². The SMILES string of the molecule is N#Cc1cccc(OC2CCC(=O)CC2)c1. The second-order valence-corrected chi connectivity index (χ2v) is 4.00. The Bertz CT molecular complexity index is 424. The van der Waals surface area contributed by atoms with Crippen molar-refractivity contribution in [3.63, 3.8) is 0 Å². The lowest BCUT2D eigenvalue weighted by Crippen LogP contribution is -2.23. The van der Waals surface area contributed by atoms with Gasteiger partial charge in [0.05, 0.1) is 17.7 Å². The fourth-order valence-electron chi connectivity index (χ4n) is 1.86. The number of rotatable bonds is 2. The molecular formula is C13H13NO2. The molecule has 2 rings (SSSR count). The first-order valence-corrected chi connectivity index (χ1v) is 5.46. The molecule has 0 radical (unpaired) electrons. The molecular weight excluding hydrogens is 202 g/mol. The van der Waals surface area contributed by atoms with Crippen LogP contribution in [0.2, 0.25) is 0 Å². The quantitative estimate of drug-likeness (QED) is 0.761. The van der Waals surface area contributed by atoms with Gasteiger partial charge in [0.15, 0.2) is 0 Å². The maximum Gasteiger partial charge on any atom is 0.133 e. The molecule has 0 unspecified atom stereocenters. The van der Waals surface area contributed by atoms with E-state index in [1.165, 1.54) is 0 Å². The number of carbonyl (C=O) groups excluding carboxylic acids is 1. The summed E-state index contributed by atoms with van der Waals surface area (Å²) in [5, 5.41) is 8.75. The number of hydrogen-bond acceptors (Lipinski definition) is 3. The molecule has 82 valence electrons. The number of nitriles is 1. The van der Waals surface area contributed by atoms with E-state index in [1.807, 2.05) is 12.1 Å². The Balaban J connectivity index is 1.98. The van der Waals surface area contributed by atoms with Crippen LogP contribution in [0.25, 0.3) is 0 Å². The maximum absolute atomic E-state index is 11.1. The number of hydrogen-bond donors (Lipinski definition) is 0. The summed E-state index contributed by atoms with van der Waals surface area (Å²) >= 11 is 0. The molecule has 1 aromatic carbocycles. The Hall–Kier alpha value is -1.82. The zero-order valence-corrected chi connectivity index (χ0v) is 8.98. The molecule has 0 amide bonds. The number of nitrogens with zero attached hydrogens (tertiary/aromatic N) is 1. The third-order valence-corrected chi connectivity index (χ3v) is 2.76. The largest absolute Gasteiger partial charge is 0.490 e. The predicted octanol–water partition coefficient (Wildman–Crippen LogP) is 2.45. The van der Waals surface area contributed by atoms with E-state index >= 15 is 0 Å². The normalized spacial score (nSPS) is 16.8. The van der Waals surface area contributed by atoms with Crippen molar-refractivity contribution < 1.29 is 9.53 Å². The molecule has 3 heteroatoms. The minimum atomic E-state index is 0.117. The Morgan fingerprint density at radius 3 is 2.75 bits per heavy atom. The molecule has 3 nitrogen and oxygen atoms in total. The van der Waals surface area contributed by atoms with Gasteiger partial charge in [0.1, 0.15) is 11.5 Å². The molecule has 0 heterocycles. The van der Waals surface area contributed by atoms with E-state index in [9.17, 15) is 4.79 Å². The standard InChI is InChI=1S/C13H13NO2/c14-9-10-2-1-3-13(8-10)16-12-6-4-11(15)5-7-12/h1-3,8,12H,4-7H2. The van der Waals surface area contributed by atoms with Crippen molar-refractivity contribution >= 4 is 5.78 Å². The summed E-state index contributed by atoms with van der Waals surface area (Å²) in [6.07, 6.45) is 2.92. The van der Waals surface area contributed by atoms with Crippen LogP contribution < -0.4 is 4.74 Å². The van der Waals surface area contributed by atoms with Gasteiger partial charge < -0.3 is 4.74 Å². The molecule has 0 bridgehead atoms.